The number of carbonyl (C=O) groups excluding carboxylic acids is 2. The molecule has 1 saturated heterocycles. The molecule has 42 heavy (non-hydrogen) atoms. The van der Waals surface area contributed by atoms with Gasteiger partial charge in [0.25, 0.3) is 17.4 Å². The van der Waals surface area contributed by atoms with Gasteiger partial charge >= 0.3 is 5.97 Å². The molecular weight excluding hydrogens is 560 g/mol. The van der Waals surface area contributed by atoms with Crippen molar-refractivity contribution in [2.24, 2.45) is 0 Å². The third kappa shape index (κ3) is 5.19. The summed E-state index contributed by atoms with van der Waals surface area (Å²) in [6.07, 6.45) is 0. The van der Waals surface area contributed by atoms with Crippen LogP contribution in [0.1, 0.15) is 0 Å². The minimum Gasteiger partial charge on any atom is -0.488 e. The summed E-state index contributed by atoms with van der Waals surface area (Å²) >= 11 is 1.34. The van der Waals surface area contributed by atoms with Crippen LogP contribution in [0.2, 0.25) is 0 Å². The number of β-lactam (4-membered cyclic amide) rings is 1. The second-order valence-corrected chi connectivity index (χ2v) is 10.6. The number of thioether (sulfide) groups is 1. The standard InChI is InChI=1S/C30H24N4O7S/c35-23(15-40-18-8-2-1-3-9-18)32-24-28(37)34-25(30(38)39)17(16-42-29(24)34)14-41-22-13-7-5-11-20(22)26-31-21-12-6-4-10-19(21)27(36)33-26/h1-13,24,29H,14-16H2,(H,32,35)(H,38,39)(H,31,33,36)/t24-,29+/m1/s1. The van der Waals surface area contributed by atoms with Crippen LogP contribution in [-0.2, 0) is 14.4 Å². The molecule has 2 amide bonds. The lowest BCUT2D eigenvalue weighted by molar-refractivity contribution is -0.151. The summed E-state index contributed by atoms with van der Waals surface area (Å²) in [5, 5.41) is 12.6. The van der Waals surface area contributed by atoms with Crippen LogP contribution in [0, 0.1) is 0 Å². The summed E-state index contributed by atoms with van der Waals surface area (Å²) < 4.78 is 11.5. The Morgan fingerprint density at radius 2 is 1.74 bits per heavy atom. The molecule has 4 aromatic rings. The van der Waals surface area contributed by atoms with E-state index >= 15 is 0 Å². The average molecular weight is 585 g/mol. The molecule has 212 valence electrons. The van der Waals surface area contributed by atoms with E-state index in [0.29, 0.717) is 39.4 Å². The van der Waals surface area contributed by atoms with Crippen molar-refractivity contribution >= 4 is 40.4 Å². The number of carbonyl (C=O) groups is 3. The SMILES string of the molecule is O=C(COc1ccccc1)N[C@@H]1C(=O)N2C(C(=O)O)=C(COc3ccccc3-c3nc4ccccc4c(=O)[nH]3)CS[C@@H]12. The fraction of sp³-hybridized carbons (Fsp3) is 0.167. The number of amides is 2. The molecule has 3 aromatic carbocycles. The van der Waals surface area contributed by atoms with Crippen LogP contribution in [0.4, 0.5) is 0 Å². The highest BCUT2D eigenvalue weighted by molar-refractivity contribution is 8.00. The summed E-state index contributed by atoms with van der Waals surface area (Å²) in [4.78, 5) is 58.9. The lowest BCUT2D eigenvalue weighted by atomic mass is 10.0. The number of fused-ring (bicyclic) bond motifs is 2. The van der Waals surface area contributed by atoms with Gasteiger partial charge in [-0.05, 0) is 36.4 Å². The van der Waals surface area contributed by atoms with Crippen LogP contribution in [0.15, 0.2) is 94.9 Å². The number of ether oxygens (including phenoxy) is 2. The van der Waals surface area contributed by atoms with Crippen molar-refractivity contribution in [2.45, 2.75) is 11.4 Å². The van der Waals surface area contributed by atoms with Crippen molar-refractivity contribution in [3.8, 4) is 22.9 Å². The van der Waals surface area contributed by atoms with Gasteiger partial charge in [0.2, 0.25) is 0 Å². The van der Waals surface area contributed by atoms with Gasteiger partial charge in [0.15, 0.2) is 6.61 Å². The van der Waals surface area contributed by atoms with E-state index in [9.17, 15) is 24.3 Å². The smallest absolute Gasteiger partial charge is 0.352 e. The predicted molar refractivity (Wildman–Crippen MR) is 155 cm³/mol. The highest BCUT2D eigenvalue weighted by Gasteiger charge is 2.54. The van der Waals surface area contributed by atoms with Crippen molar-refractivity contribution in [2.75, 3.05) is 19.0 Å². The number of carboxylic acids is 1. The molecular formula is C30H24N4O7S. The Morgan fingerprint density at radius 3 is 2.55 bits per heavy atom. The molecule has 0 unspecified atom stereocenters. The van der Waals surface area contributed by atoms with Crippen molar-refractivity contribution in [3.63, 3.8) is 0 Å². The van der Waals surface area contributed by atoms with Gasteiger partial charge in [0, 0.05) is 11.3 Å². The molecule has 2 atom stereocenters. The summed E-state index contributed by atoms with van der Waals surface area (Å²) in [6.45, 7) is -0.384. The molecule has 11 nitrogen and oxygen atoms in total. The largest absolute Gasteiger partial charge is 0.488 e. The van der Waals surface area contributed by atoms with E-state index < -0.39 is 29.2 Å². The predicted octanol–water partition coefficient (Wildman–Crippen LogP) is 2.79. The molecule has 0 aliphatic carbocycles. The first-order chi connectivity index (χ1) is 20.4. The molecule has 0 saturated carbocycles. The molecule has 12 heteroatoms. The molecule has 0 bridgehead atoms. The number of carboxylic acid groups (broad SMARTS) is 1. The molecule has 2 aliphatic rings. The first kappa shape index (κ1) is 27.1. The van der Waals surface area contributed by atoms with Gasteiger partial charge in [-0.15, -0.1) is 11.8 Å². The van der Waals surface area contributed by atoms with Crippen LogP contribution >= 0.6 is 11.8 Å². The maximum absolute atomic E-state index is 13.0. The summed E-state index contributed by atoms with van der Waals surface area (Å²) in [5.74, 6) is -0.773. The van der Waals surface area contributed by atoms with E-state index in [4.69, 9.17) is 9.47 Å². The summed E-state index contributed by atoms with van der Waals surface area (Å²) in [6, 6.07) is 21.9. The van der Waals surface area contributed by atoms with Gasteiger partial charge in [0.1, 0.15) is 41.0 Å². The highest BCUT2D eigenvalue weighted by atomic mass is 32.2. The van der Waals surface area contributed by atoms with Crippen molar-refractivity contribution < 1.29 is 29.0 Å². The minimum atomic E-state index is -1.27. The van der Waals surface area contributed by atoms with Crippen LogP contribution in [0.3, 0.4) is 0 Å². The minimum absolute atomic E-state index is 0.109. The molecule has 2 aliphatic heterocycles. The third-order valence-electron chi connectivity index (χ3n) is 6.84. The number of aliphatic carboxylic acids is 1. The average Bonchev–Trinajstić information content (AvgIpc) is 3.01. The third-order valence-corrected chi connectivity index (χ3v) is 8.18. The van der Waals surface area contributed by atoms with Gasteiger partial charge in [-0.3, -0.25) is 19.3 Å². The topological polar surface area (TPSA) is 151 Å². The zero-order chi connectivity index (χ0) is 29.2. The van der Waals surface area contributed by atoms with Crippen molar-refractivity contribution in [1.82, 2.24) is 20.2 Å². The van der Waals surface area contributed by atoms with E-state index in [-0.39, 0.29) is 30.2 Å². The quantitative estimate of drug-likeness (QED) is 0.252. The summed E-state index contributed by atoms with van der Waals surface area (Å²) in [5.41, 5.74) is 1.01. The van der Waals surface area contributed by atoms with Gasteiger partial charge < -0.3 is 24.9 Å². The van der Waals surface area contributed by atoms with Crippen LogP contribution < -0.4 is 20.3 Å². The fourth-order valence-electron chi connectivity index (χ4n) is 4.84. The number of rotatable bonds is 9. The number of benzene rings is 3. The van der Waals surface area contributed by atoms with Gasteiger partial charge in [-0.2, -0.15) is 0 Å². The highest BCUT2D eigenvalue weighted by Crippen LogP contribution is 2.40. The second-order valence-electron chi connectivity index (χ2n) is 9.53. The first-order valence-electron chi connectivity index (χ1n) is 13.0. The van der Waals surface area contributed by atoms with Crippen LogP contribution in [0.25, 0.3) is 22.3 Å². The zero-order valence-electron chi connectivity index (χ0n) is 22.0. The number of aromatic amines is 1. The lowest BCUT2D eigenvalue weighted by Crippen LogP contribution is -2.71. The maximum Gasteiger partial charge on any atom is 0.352 e. The monoisotopic (exact) mass is 584 g/mol. The van der Waals surface area contributed by atoms with Gasteiger partial charge in [-0.1, -0.05) is 42.5 Å². The van der Waals surface area contributed by atoms with Gasteiger partial charge in [-0.25, -0.2) is 9.78 Å². The number of para-hydroxylation sites is 3. The van der Waals surface area contributed by atoms with E-state index in [1.807, 2.05) is 6.07 Å². The van der Waals surface area contributed by atoms with E-state index in [2.05, 4.69) is 15.3 Å². The Kier molecular flexibility index (Phi) is 7.36. The number of aromatic nitrogens is 2. The Morgan fingerprint density at radius 1 is 1.00 bits per heavy atom. The number of hydrogen-bond donors (Lipinski definition) is 3. The van der Waals surface area contributed by atoms with Gasteiger partial charge in [0.05, 0.1) is 16.5 Å². The molecule has 0 spiro atoms. The van der Waals surface area contributed by atoms with Crippen LogP contribution in [0.5, 0.6) is 11.5 Å². The number of hydrogen-bond acceptors (Lipinski definition) is 8. The number of H-pyrrole nitrogens is 1. The molecule has 0 radical (unpaired) electrons. The van der Waals surface area contributed by atoms with Crippen LogP contribution in [-0.4, -0.2) is 68.1 Å². The maximum atomic E-state index is 13.0. The Bertz CT molecular complexity index is 1790. The molecule has 6 rings (SSSR count). The van der Waals surface area contributed by atoms with Crippen molar-refractivity contribution in [1.29, 1.82) is 0 Å². The summed E-state index contributed by atoms with van der Waals surface area (Å²) in [7, 11) is 0. The van der Waals surface area contributed by atoms with E-state index in [1.165, 1.54) is 16.7 Å². The first-order valence-corrected chi connectivity index (χ1v) is 14.0. The molecule has 1 fully saturated rings. The Hall–Kier alpha value is -5.10. The molecule has 3 heterocycles. The zero-order valence-corrected chi connectivity index (χ0v) is 22.8. The second kappa shape index (κ2) is 11.4. The molecule has 1 aromatic heterocycles. The van der Waals surface area contributed by atoms with Crippen molar-refractivity contribution in [3.05, 3.63) is 100 Å². The number of nitrogens with zero attached hydrogens (tertiary/aromatic N) is 2. The Labute approximate surface area is 243 Å². The molecule has 3 N–H and O–H groups in total. The lowest BCUT2D eigenvalue weighted by Gasteiger charge is -2.49. The fourth-order valence-corrected chi connectivity index (χ4v) is 6.17. The normalized spacial score (nSPS) is 17.8. The Balaban J connectivity index is 1.17. The number of nitrogens with one attached hydrogen (secondary N) is 2. The van der Waals surface area contributed by atoms with E-state index in [1.54, 1.807) is 72.8 Å². The van der Waals surface area contributed by atoms with E-state index in [0.717, 1.165) is 0 Å².